The highest BCUT2D eigenvalue weighted by Crippen LogP contribution is 2.08. The first-order valence-electron chi connectivity index (χ1n) is 3.44. The molecule has 0 saturated heterocycles. The predicted octanol–water partition coefficient (Wildman–Crippen LogP) is 1.39. The van der Waals surface area contributed by atoms with E-state index in [1.807, 2.05) is 0 Å². The second-order valence-corrected chi connectivity index (χ2v) is 4.04. The van der Waals surface area contributed by atoms with Gasteiger partial charge >= 0.3 is 0 Å². The van der Waals surface area contributed by atoms with Crippen LogP contribution in [-0.4, -0.2) is 13.4 Å². The summed E-state index contributed by atoms with van der Waals surface area (Å²) in [5.74, 6) is 0. The van der Waals surface area contributed by atoms with Crippen molar-refractivity contribution in [2.45, 2.75) is 11.8 Å². The molecule has 0 bridgehead atoms. The van der Waals surface area contributed by atoms with Gasteiger partial charge in [-0.1, -0.05) is 6.08 Å². The highest BCUT2D eigenvalue weighted by molar-refractivity contribution is 7.94. The molecule has 1 aromatic rings. The second kappa shape index (κ2) is 3.49. The molecule has 0 aliphatic carbocycles. The van der Waals surface area contributed by atoms with Crippen LogP contribution < -0.4 is 0 Å². The zero-order valence-electron chi connectivity index (χ0n) is 6.64. The Morgan fingerprint density at radius 1 is 1.50 bits per heavy atom. The Morgan fingerprint density at radius 3 is 2.75 bits per heavy atom. The minimum absolute atomic E-state index is 0.225. The van der Waals surface area contributed by atoms with E-state index in [0.29, 0.717) is 0 Å². The molecule has 0 aliphatic heterocycles. The zero-order chi connectivity index (χ0) is 9.03. The van der Waals surface area contributed by atoms with Crippen molar-refractivity contribution < 1.29 is 8.42 Å². The molecule has 0 N–H and O–H groups in total. The summed E-state index contributed by atoms with van der Waals surface area (Å²) in [6.45, 7) is 1.66. The van der Waals surface area contributed by atoms with Gasteiger partial charge in [0, 0.05) is 17.8 Å². The number of hydrogen-bond donors (Lipinski definition) is 0. The minimum atomic E-state index is -3.25. The van der Waals surface area contributed by atoms with E-state index in [0.717, 1.165) is 5.41 Å². The van der Waals surface area contributed by atoms with Crippen molar-refractivity contribution >= 4 is 9.84 Å². The van der Waals surface area contributed by atoms with E-state index in [1.165, 1.54) is 24.5 Å². The van der Waals surface area contributed by atoms with E-state index in [-0.39, 0.29) is 4.90 Å². The van der Waals surface area contributed by atoms with Crippen LogP contribution in [0.15, 0.2) is 40.9 Å². The van der Waals surface area contributed by atoms with Crippen LogP contribution in [0.2, 0.25) is 0 Å². The molecule has 1 heterocycles. The number of allylic oxidation sites excluding steroid dienone is 1. The van der Waals surface area contributed by atoms with Crippen molar-refractivity contribution in [3.05, 3.63) is 36.0 Å². The van der Waals surface area contributed by atoms with Gasteiger partial charge in [0.25, 0.3) is 0 Å². The maximum Gasteiger partial charge on any atom is 0.201 e. The van der Waals surface area contributed by atoms with E-state index in [2.05, 4.69) is 4.98 Å². The maximum absolute atomic E-state index is 11.3. The average Bonchev–Trinajstić information content (AvgIpc) is 2.06. The molecule has 0 unspecified atom stereocenters. The molecule has 1 aromatic heterocycles. The molecule has 0 spiro atoms. The highest BCUT2D eigenvalue weighted by atomic mass is 32.2. The normalized spacial score (nSPS) is 12.1. The van der Waals surface area contributed by atoms with Crippen molar-refractivity contribution in [3.8, 4) is 0 Å². The van der Waals surface area contributed by atoms with Gasteiger partial charge in [-0.3, -0.25) is 4.98 Å². The standard InChI is InChI=1S/C8H9NO2S/c1-2-6-12(10,11)8-4-3-5-9-7-8/h2-7H,1H3. The van der Waals surface area contributed by atoms with Crippen LogP contribution in [0.4, 0.5) is 0 Å². The van der Waals surface area contributed by atoms with Gasteiger partial charge in [0.1, 0.15) is 0 Å². The predicted molar refractivity (Wildman–Crippen MR) is 46.2 cm³/mol. The van der Waals surface area contributed by atoms with Crippen LogP contribution in [0.3, 0.4) is 0 Å². The van der Waals surface area contributed by atoms with Gasteiger partial charge in [-0.25, -0.2) is 8.42 Å². The molecule has 4 heteroatoms. The molecule has 0 amide bonds. The van der Waals surface area contributed by atoms with Gasteiger partial charge in [-0.2, -0.15) is 0 Å². The Kier molecular flexibility index (Phi) is 2.60. The summed E-state index contributed by atoms with van der Waals surface area (Å²) in [4.78, 5) is 3.95. The minimum Gasteiger partial charge on any atom is -0.263 e. The number of aromatic nitrogens is 1. The number of hydrogen-bond acceptors (Lipinski definition) is 3. The van der Waals surface area contributed by atoms with Gasteiger partial charge in [0.05, 0.1) is 4.90 Å². The van der Waals surface area contributed by atoms with Crippen molar-refractivity contribution in [1.29, 1.82) is 0 Å². The lowest BCUT2D eigenvalue weighted by atomic mass is 10.5. The number of sulfone groups is 1. The monoisotopic (exact) mass is 183 g/mol. The van der Waals surface area contributed by atoms with E-state index < -0.39 is 9.84 Å². The SMILES string of the molecule is CC=CS(=O)(=O)c1cccnc1. The fourth-order valence-electron chi connectivity index (χ4n) is 0.773. The number of rotatable bonds is 2. The summed E-state index contributed by atoms with van der Waals surface area (Å²) in [6.07, 6.45) is 4.35. The third-order valence-corrected chi connectivity index (χ3v) is 2.81. The van der Waals surface area contributed by atoms with E-state index >= 15 is 0 Å². The lowest BCUT2D eigenvalue weighted by Crippen LogP contribution is -1.95. The lowest BCUT2D eigenvalue weighted by molar-refractivity contribution is 0.604. The fourth-order valence-corrected chi connectivity index (χ4v) is 1.76. The summed E-state index contributed by atoms with van der Waals surface area (Å²) in [6, 6.07) is 3.11. The third kappa shape index (κ3) is 1.92. The molecular formula is C8H9NO2S. The van der Waals surface area contributed by atoms with Crippen LogP contribution in [-0.2, 0) is 9.84 Å². The van der Waals surface area contributed by atoms with Crippen LogP contribution >= 0.6 is 0 Å². The van der Waals surface area contributed by atoms with Crippen LogP contribution in [0.5, 0.6) is 0 Å². The van der Waals surface area contributed by atoms with E-state index in [9.17, 15) is 8.42 Å². The Balaban J connectivity index is 3.16. The van der Waals surface area contributed by atoms with Crippen molar-refractivity contribution in [3.63, 3.8) is 0 Å². The largest absolute Gasteiger partial charge is 0.263 e. The Bertz CT molecular complexity index is 367. The molecule has 1 rings (SSSR count). The quantitative estimate of drug-likeness (QED) is 0.696. The first-order valence-corrected chi connectivity index (χ1v) is 4.99. The molecule has 0 fully saturated rings. The maximum atomic E-state index is 11.3. The average molecular weight is 183 g/mol. The lowest BCUT2D eigenvalue weighted by Gasteiger charge is -1.95. The molecule has 0 saturated carbocycles. The number of nitrogens with zero attached hydrogens (tertiary/aromatic N) is 1. The molecule has 3 nitrogen and oxygen atoms in total. The molecular weight excluding hydrogens is 174 g/mol. The molecule has 0 radical (unpaired) electrons. The van der Waals surface area contributed by atoms with Gasteiger partial charge in [0.15, 0.2) is 0 Å². The summed E-state index contributed by atoms with van der Waals surface area (Å²) in [5.41, 5.74) is 0. The Labute approximate surface area is 71.7 Å². The van der Waals surface area contributed by atoms with Crippen molar-refractivity contribution in [2.75, 3.05) is 0 Å². The van der Waals surface area contributed by atoms with Gasteiger partial charge in [-0.05, 0) is 19.1 Å². The molecule has 64 valence electrons. The summed E-state index contributed by atoms with van der Waals surface area (Å²) in [5, 5.41) is 1.16. The van der Waals surface area contributed by atoms with Gasteiger partial charge < -0.3 is 0 Å². The van der Waals surface area contributed by atoms with E-state index in [4.69, 9.17) is 0 Å². The smallest absolute Gasteiger partial charge is 0.201 e. The summed E-state index contributed by atoms with van der Waals surface area (Å²) < 4.78 is 22.6. The first-order chi connectivity index (χ1) is 5.67. The Morgan fingerprint density at radius 2 is 2.25 bits per heavy atom. The topological polar surface area (TPSA) is 47.0 Å². The molecule has 12 heavy (non-hydrogen) atoms. The first kappa shape index (κ1) is 8.93. The van der Waals surface area contributed by atoms with Crippen LogP contribution in [0, 0.1) is 0 Å². The van der Waals surface area contributed by atoms with Gasteiger partial charge in [-0.15, -0.1) is 0 Å². The molecule has 0 atom stereocenters. The van der Waals surface area contributed by atoms with Crippen molar-refractivity contribution in [1.82, 2.24) is 4.98 Å². The second-order valence-electron chi connectivity index (χ2n) is 2.20. The molecule has 0 aliphatic rings. The molecule has 0 aromatic carbocycles. The van der Waals surface area contributed by atoms with Crippen LogP contribution in [0.1, 0.15) is 6.92 Å². The fraction of sp³-hybridized carbons (Fsp3) is 0.125. The van der Waals surface area contributed by atoms with Crippen molar-refractivity contribution in [2.24, 2.45) is 0 Å². The van der Waals surface area contributed by atoms with Crippen LogP contribution in [0.25, 0.3) is 0 Å². The van der Waals surface area contributed by atoms with E-state index in [1.54, 1.807) is 13.0 Å². The number of pyridine rings is 1. The highest BCUT2D eigenvalue weighted by Gasteiger charge is 2.07. The van der Waals surface area contributed by atoms with Gasteiger partial charge in [0.2, 0.25) is 9.84 Å². The third-order valence-electron chi connectivity index (χ3n) is 1.28. The summed E-state index contributed by atoms with van der Waals surface area (Å²) in [7, 11) is -3.25. The zero-order valence-corrected chi connectivity index (χ0v) is 7.45. The Hall–Kier alpha value is -1.16. The summed E-state index contributed by atoms with van der Waals surface area (Å²) >= 11 is 0.